The Morgan fingerprint density at radius 1 is 1.00 bits per heavy atom. The molecule has 4 rings (SSSR count). The molecule has 1 fully saturated rings. The zero-order valence-corrected chi connectivity index (χ0v) is 16.4. The third-order valence-electron chi connectivity index (χ3n) is 5.36. The molecule has 1 aliphatic heterocycles. The molecule has 144 valence electrons. The van der Waals surface area contributed by atoms with Crippen molar-refractivity contribution < 1.29 is 9.53 Å². The number of pyridine rings is 1. The second kappa shape index (κ2) is 7.98. The first kappa shape index (κ1) is 18.4. The standard InChI is InChI=1S/C23H25N3O2/c1-17(27)18-7-10-21(11-8-18)26-14-12-25(13-15-26)16-20-9-6-19-4-3-5-22(28-2)23(19)24-20/h3-11H,12-16H2,1-2H3. The first-order valence-corrected chi connectivity index (χ1v) is 9.65. The average molecular weight is 375 g/mol. The third kappa shape index (κ3) is 3.85. The third-order valence-corrected chi connectivity index (χ3v) is 5.36. The lowest BCUT2D eigenvalue weighted by molar-refractivity contribution is 0.101. The molecule has 28 heavy (non-hydrogen) atoms. The fourth-order valence-corrected chi connectivity index (χ4v) is 3.71. The number of nitrogens with zero attached hydrogens (tertiary/aromatic N) is 3. The number of anilines is 1. The number of methoxy groups -OCH3 is 1. The molecule has 0 aliphatic carbocycles. The van der Waals surface area contributed by atoms with Crippen LogP contribution < -0.4 is 9.64 Å². The van der Waals surface area contributed by atoms with Gasteiger partial charge in [-0.3, -0.25) is 9.69 Å². The SMILES string of the molecule is COc1cccc2ccc(CN3CCN(c4ccc(C(C)=O)cc4)CC3)nc12. The van der Waals surface area contributed by atoms with Crippen molar-refractivity contribution in [1.29, 1.82) is 0 Å². The van der Waals surface area contributed by atoms with E-state index in [0.29, 0.717) is 0 Å². The summed E-state index contributed by atoms with van der Waals surface area (Å²) < 4.78 is 5.45. The Hall–Kier alpha value is -2.92. The summed E-state index contributed by atoms with van der Waals surface area (Å²) in [6, 6.07) is 18.1. The molecule has 0 bridgehead atoms. The molecule has 1 aromatic heterocycles. The molecular formula is C23H25N3O2. The summed E-state index contributed by atoms with van der Waals surface area (Å²) in [4.78, 5) is 21.1. The Balaban J connectivity index is 1.40. The molecule has 5 nitrogen and oxygen atoms in total. The summed E-state index contributed by atoms with van der Waals surface area (Å²) in [5.41, 5.74) is 3.93. The molecule has 2 aromatic carbocycles. The number of para-hydroxylation sites is 1. The fourth-order valence-electron chi connectivity index (χ4n) is 3.71. The van der Waals surface area contributed by atoms with Gasteiger partial charge in [-0.1, -0.05) is 18.2 Å². The molecule has 0 atom stereocenters. The second-order valence-corrected chi connectivity index (χ2v) is 7.20. The highest BCUT2D eigenvalue weighted by molar-refractivity contribution is 5.94. The van der Waals surface area contributed by atoms with Crippen molar-refractivity contribution in [1.82, 2.24) is 9.88 Å². The highest BCUT2D eigenvalue weighted by Gasteiger charge is 2.18. The monoisotopic (exact) mass is 375 g/mol. The number of hydrogen-bond acceptors (Lipinski definition) is 5. The Kier molecular flexibility index (Phi) is 5.26. The first-order valence-electron chi connectivity index (χ1n) is 9.65. The van der Waals surface area contributed by atoms with E-state index in [4.69, 9.17) is 9.72 Å². The van der Waals surface area contributed by atoms with E-state index in [-0.39, 0.29) is 5.78 Å². The van der Waals surface area contributed by atoms with Gasteiger partial charge in [0.1, 0.15) is 11.3 Å². The summed E-state index contributed by atoms with van der Waals surface area (Å²) in [5.74, 6) is 0.925. The predicted octanol–water partition coefficient (Wildman–Crippen LogP) is 3.77. The highest BCUT2D eigenvalue weighted by Crippen LogP contribution is 2.24. The number of ether oxygens (including phenoxy) is 1. The van der Waals surface area contributed by atoms with Crippen LogP contribution in [0.2, 0.25) is 0 Å². The number of fused-ring (bicyclic) bond motifs is 1. The van der Waals surface area contributed by atoms with Crippen molar-refractivity contribution in [2.24, 2.45) is 0 Å². The number of piperazine rings is 1. The molecule has 1 aliphatic rings. The molecule has 5 heteroatoms. The quantitative estimate of drug-likeness (QED) is 0.635. The zero-order valence-electron chi connectivity index (χ0n) is 16.4. The minimum absolute atomic E-state index is 0.107. The van der Waals surface area contributed by atoms with E-state index in [1.54, 1.807) is 14.0 Å². The van der Waals surface area contributed by atoms with Crippen LogP contribution in [0, 0.1) is 0 Å². The van der Waals surface area contributed by atoms with E-state index in [9.17, 15) is 4.79 Å². The molecule has 2 heterocycles. The van der Waals surface area contributed by atoms with E-state index >= 15 is 0 Å². The summed E-state index contributed by atoms with van der Waals surface area (Å²) in [5, 5.41) is 1.10. The van der Waals surface area contributed by atoms with Gasteiger partial charge in [0.25, 0.3) is 0 Å². The van der Waals surface area contributed by atoms with E-state index in [1.807, 2.05) is 36.4 Å². The minimum atomic E-state index is 0.107. The number of ketones is 1. The van der Waals surface area contributed by atoms with Gasteiger partial charge < -0.3 is 9.64 Å². The van der Waals surface area contributed by atoms with E-state index in [2.05, 4.69) is 28.0 Å². The van der Waals surface area contributed by atoms with Crippen LogP contribution in [0.1, 0.15) is 23.0 Å². The summed E-state index contributed by atoms with van der Waals surface area (Å²) in [6.45, 7) is 6.35. The van der Waals surface area contributed by atoms with E-state index < -0.39 is 0 Å². The fraction of sp³-hybridized carbons (Fsp3) is 0.304. The number of Topliss-reactive ketones (excluding diaryl/α,β-unsaturated/α-hetero) is 1. The van der Waals surface area contributed by atoms with Crippen LogP contribution in [0.15, 0.2) is 54.6 Å². The summed E-state index contributed by atoms with van der Waals surface area (Å²) in [6.07, 6.45) is 0. The molecule has 1 saturated heterocycles. The van der Waals surface area contributed by atoms with Gasteiger partial charge in [0, 0.05) is 49.4 Å². The molecule has 0 spiro atoms. The van der Waals surface area contributed by atoms with Crippen LogP contribution in [0.4, 0.5) is 5.69 Å². The van der Waals surface area contributed by atoms with Crippen LogP contribution in [-0.2, 0) is 6.54 Å². The Labute approximate surface area is 165 Å². The predicted molar refractivity (Wildman–Crippen MR) is 112 cm³/mol. The van der Waals surface area contributed by atoms with Crippen LogP contribution >= 0.6 is 0 Å². The zero-order chi connectivity index (χ0) is 19.5. The van der Waals surface area contributed by atoms with Crippen LogP contribution in [0.3, 0.4) is 0 Å². The number of benzene rings is 2. The van der Waals surface area contributed by atoms with Crippen molar-refractivity contribution in [2.75, 3.05) is 38.2 Å². The number of hydrogen-bond donors (Lipinski definition) is 0. The lowest BCUT2D eigenvalue weighted by atomic mass is 10.1. The molecule has 0 N–H and O–H groups in total. The van der Waals surface area contributed by atoms with Gasteiger partial charge in [0.2, 0.25) is 0 Å². The average Bonchev–Trinajstić information content (AvgIpc) is 2.74. The highest BCUT2D eigenvalue weighted by atomic mass is 16.5. The normalized spacial score (nSPS) is 15.0. The van der Waals surface area contributed by atoms with Crippen LogP contribution in [0.25, 0.3) is 10.9 Å². The van der Waals surface area contributed by atoms with Gasteiger partial charge in [-0.25, -0.2) is 4.98 Å². The molecular weight excluding hydrogens is 350 g/mol. The van der Waals surface area contributed by atoms with Gasteiger partial charge in [-0.15, -0.1) is 0 Å². The topological polar surface area (TPSA) is 45.7 Å². The van der Waals surface area contributed by atoms with Gasteiger partial charge in [-0.2, -0.15) is 0 Å². The van der Waals surface area contributed by atoms with E-state index in [1.165, 1.54) is 5.69 Å². The van der Waals surface area contributed by atoms with Crippen molar-refractivity contribution in [3.05, 3.63) is 65.9 Å². The molecule has 0 amide bonds. The Morgan fingerprint density at radius 2 is 1.75 bits per heavy atom. The van der Waals surface area contributed by atoms with Gasteiger partial charge in [0.05, 0.1) is 12.8 Å². The van der Waals surface area contributed by atoms with Gasteiger partial charge >= 0.3 is 0 Å². The minimum Gasteiger partial charge on any atom is -0.494 e. The van der Waals surface area contributed by atoms with E-state index in [0.717, 1.165) is 60.6 Å². The largest absolute Gasteiger partial charge is 0.494 e. The smallest absolute Gasteiger partial charge is 0.159 e. The number of carbonyl (C=O) groups is 1. The molecule has 0 unspecified atom stereocenters. The number of carbonyl (C=O) groups excluding carboxylic acids is 1. The van der Waals surface area contributed by atoms with Crippen LogP contribution in [-0.4, -0.2) is 49.0 Å². The molecule has 0 radical (unpaired) electrons. The first-order chi connectivity index (χ1) is 13.6. The van der Waals surface area contributed by atoms with Crippen molar-refractivity contribution in [3.8, 4) is 5.75 Å². The maximum absolute atomic E-state index is 11.4. The Bertz CT molecular complexity index is 977. The summed E-state index contributed by atoms with van der Waals surface area (Å²) in [7, 11) is 1.69. The van der Waals surface area contributed by atoms with Crippen molar-refractivity contribution in [2.45, 2.75) is 13.5 Å². The number of aromatic nitrogens is 1. The lowest BCUT2D eigenvalue weighted by Gasteiger charge is -2.36. The number of rotatable bonds is 5. The summed E-state index contributed by atoms with van der Waals surface area (Å²) >= 11 is 0. The van der Waals surface area contributed by atoms with Gasteiger partial charge in [0.15, 0.2) is 5.78 Å². The Morgan fingerprint density at radius 3 is 2.43 bits per heavy atom. The van der Waals surface area contributed by atoms with Crippen LogP contribution in [0.5, 0.6) is 5.75 Å². The van der Waals surface area contributed by atoms with Gasteiger partial charge in [-0.05, 0) is 43.3 Å². The second-order valence-electron chi connectivity index (χ2n) is 7.20. The lowest BCUT2D eigenvalue weighted by Crippen LogP contribution is -2.46. The maximum Gasteiger partial charge on any atom is 0.159 e. The van der Waals surface area contributed by atoms with Crippen molar-refractivity contribution >= 4 is 22.4 Å². The molecule has 0 saturated carbocycles. The van der Waals surface area contributed by atoms with Crippen molar-refractivity contribution in [3.63, 3.8) is 0 Å². The maximum atomic E-state index is 11.4. The molecule has 3 aromatic rings.